The van der Waals surface area contributed by atoms with E-state index in [-0.39, 0.29) is 5.91 Å². The van der Waals surface area contributed by atoms with E-state index in [1.54, 1.807) is 0 Å². The average molecular weight is 346 g/mol. The molecule has 1 unspecified atom stereocenters. The predicted molar refractivity (Wildman–Crippen MR) is 98.1 cm³/mol. The summed E-state index contributed by atoms with van der Waals surface area (Å²) >= 11 is 0. The maximum atomic E-state index is 12.2. The molecule has 3 rings (SSSR count). The van der Waals surface area contributed by atoms with E-state index < -0.39 is 6.10 Å². The van der Waals surface area contributed by atoms with Gasteiger partial charge in [-0.25, -0.2) is 0 Å². The Balaban J connectivity index is 1.38. The van der Waals surface area contributed by atoms with Gasteiger partial charge in [0.2, 0.25) is 0 Å². The molecule has 0 spiro atoms. The molecule has 1 aliphatic heterocycles. The third kappa shape index (κ3) is 5.44. The molecule has 1 atom stereocenters. The number of nitrogens with one attached hydrogen (secondary N) is 1. The molecule has 1 saturated heterocycles. The molecule has 1 N–H and O–H groups in total. The minimum absolute atomic E-state index is 0.0419. The van der Waals surface area contributed by atoms with Crippen LogP contribution in [-0.4, -0.2) is 56.3 Å². The highest BCUT2D eigenvalue weighted by Crippen LogP contribution is 2.25. The van der Waals surface area contributed by atoms with Crippen molar-refractivity contribution in [1.82, 2.24) is 10.2 Å². The van der Waals surface area contributed by atoms with Gasteiger partial charge in [-0.15, -0.1) is 0 Å². The van der Waals surface area contributed by atoms with Gasteiger partial charge in [-0.05, 0) is 68.8 Å². The Labute approximate surface area is 150 Å². The van der Waals surface area contributed by atoms with E-state index in [1.807, 2.05) is 13.0 Å². The number of aryl methyl sites for hydroxylation is 2. The minimum atomic E-state index is -0.468. The molecular formula is C20H30N2O3. The van der Waals surface area contributed by atoms with Crippen LogP contribution >= 0.6 is 0 Å². The fourth-order valence-corrected chi connectivity index (χ4v) is 3.52. The van der Waals surface area contributed by atoms with E-state index in [2.05, 4.69) is 22.3 Å². The lowest BCUT2D eigenvalue weighted by atomic mass is 9.92. The van der Waals surface area contributed by atoms with Gasteiger partial charge in [0.05, 0.1) is 13.2 Å². The van der Waals surface area contributed by atoms with E-state index in [9.17, 15) is 4.79 Å². The van der Waals surface area contributed by atoms with Crippen molar-refractivity contribution in [2.75, 3.05) is 39.4 Å². The average Bonchev–Trinajstić information content (AvgIpc) is 2.65. The topological polar surface area (TPSA) is 50.8 Å². The Morgan fingerprint density at radius 2 is 2.00 bits per heavy atom. The van der Waals surface area contributed by atoms with E-state index in [0.717, 1.165) is 57.9 Å². The van der Waals surface area contributed by atoms with E-state index in [0.29, 0.717) is 6.54 Å². The van der Waals surface area contributed by atoms with Crippen molar-refractivity contribution >= 4 is 5.91 Å². The van der Waals surface area contributed by atoms with E-state index in [4.69, 9.17) is 9.47 Å². The number of nitrogens with zero attached hydrogens (tertiary/aromatic N) is 1. The van der Waals surface area contributed by atoms with Crippen LogP contribution in [0.2, 0.25) is 0 Å². The summed E-state index contributed by atoms with van der Waals surface area (Å²) < 4.78 is 11.2. The molecule has 0 saturated carbocycles. The molecule has 5 nitrogen and oxygen atoms in total. The Hall–Kier alpha value is -1.59. The van der Waals surface area contributed by atoms with Crippen LogP contribution in [0.1, 0.15) is 37.3 Å². The first-order valence-corrected chi connectivity index (χ1v) is 9.58. The zero-order valence-corrected chi connectivity index (χ0v) is 15.3. The van der Waals surface area contributed by atoms with Crippen LogP contribution in [0.4, 0.5) is 0 Å². The SMILES string of the molecule is CC(Oc1ccc2c(c1)CCCC2)C(=O)NCCCN1CCOCC1. The number of morpholine rings is 1. The monoisotopic (exact) mass is 346 g/mol. The fourth-order valence-electron chi connectivity index (χ4n) is 3.52. The molecule has 5 heteroatoms. The Kier molecular flexibility index (Phi) is 6.70. The highest BCUT2D eigenvalue weighted by Gasteiger charge is 2.16. The summed E-state index contributed by atoms with van der Waals surface area (Å²) in [5, 5.41) is 2.98. The normalized spacial score (nSPS) is 19.1. The van der Waals surface area contributed by atoms with Crippen molar-refractivity contribution in [2.24, 2.45) is 0 Å². The molecule has 0 radical (unpaired) electrons. The van der Waals surface area contributed by atoms with Gasteiger partial charge >= 0.3 is 0 Å². The highest BCUT2D eigenvalue weighted by atomic mass is 16.5. The molecule has 1 heterocycles. The van der Waals surface area contributed by atoms with Crippen LogP contribution in [0.25, 0.3) is 0 Å². The van der Waals surface area contributed by atoms with Gasteiger partial charge in [0.1, 0.15) is 5.75 Å². The van der Waals surface area contributed by atoms with Crippen molar-refractivity contribution in [3.05, 3.63) is 29.3 Å². The molecule has 1 fully saturated rings. The van der Waals surface area contributed by atoms with E-state index >= 15 is 0 Å². The number of ether oxygens (including phenoxy) is 2. The molecule has 2 aliphatic rings. The molecule has 0 bridgehead atoms. The van der Waals surface area contributed by atoms with Gasteiger partial charge in [-0.2, -0.15) is 0 Å². The standard InChI is InChI=1S/C20H30N2O3/c1-16(20(23)21-9-4-10-22-11-13-24-14-12-22)25-19-8-7-17-5-2-3-6-18(17)15-19/h7-8,15-16H,2-6,9-14H2,1H3,(H,21,23). The minimum Gasteiger partial charge on any atom is -0.481 e. The summed E-state index contributed by atoms with van der Waals surface area (Å²) in [4.78, 5) is 14.6. The quantitative estimate of drug-likeness (QED) is 0.769. The maximum Gasteiger partial charge on any atom is 0.260 e. The zero-order chi connectivity index (χ0) is 17.5. The van der Waals surface area contributed by atoms with Crippen LogP contribution < -0.4 is 10.1 Å². The highest BCUT2D eigenvalue weighted by molar-refractivity contribution is 5.80. The van der Waals surface area contributed by atoms with Gasteiger partial charge in [0, 0.05) is 19.6 Å². The number of rotatable bonds is 7. The maximum absolute atomic E-state index is 12.2. The van der Waals surface area contributed by atoms with Crippen LogP contribution in [0.3, 0.4) is 0 Å². The molecule has 0 aromatic heterocycles. The Morgan fingerprint density at radius 3 is 2.80 bits per heavy atom. The molecule has 1 aromatic carbocycles. The Bertz CT molecular complexity index is 570. The number of amides is 1. The first-order valence-electron chi connectivity index (χ1n) is 9.58. The second-order valence-electron chi connectivity index (χ2n) is 7.00. The number of benzene rings is 1. The van der Waals surface area contributed by atoms with Crippen molar-refractivity contribution in [3.8, 4) is 5.75 Å². The van der Waals surface area contributed by atoms with Crippen LogP contribution in [0, 0.1) is 0 Å². The number of hydrogen-bond acceptors (Lipinski definition) is 4. The van der Waals surface area contributed by atoms with Crippen LogP contribution in [0.15, 0.2) is 18.2 Å². The summed E-state index contributed by atoms with van der Waals surface area (Å²) in [6.45, 7) is 7.13. The second kappa shape index (κ2) is 9.20. The first-order chi connectivity index (χ1) is 12.2. The van der Waals surface area contributed by atoms with Crippen molar-refractivity contribution < 1.29 is 14.3 Å². The van der Waals surface area contributed by atoms with Gasteiger partial charge in [-0.1, -0.05) is 6.07 Å². The Morgan fingerprint density at radius 1 is 1.24 bits per heavy atom. The molecule has 1 aliphatic carbocycles. The molecular weight excluding hydrogens is 316 g/mol. The third-order valence-corrected chi connectivity index (χ3v) is 5.06. The van der Waals surface area contributed by atoms with Gasteiger partial charge in [-0.3, -0.25) is 9.69 Å². The summed E-state index contributed by atoms with van der Waals surface area (Å²) in [6.07, 6.45) is 5.29. The molecule has 1 amide bonds. The van der Waals surface area contributed by atoms with Crippen molar-refractivity contribution in [1.29, 1.82) is 0 Å². The second-order valence-corrected chi connectivity index (χ2v) is 7.00. The third-order valence-electron chi connectivity index (χ3n) is 5.06. The summed E-state index contributed by atoms with van der Waals surface area (Å²) in [7, 11) is 0. The first kappa shape index (κ1) is 18.2. The molecule has 138 valence electrons. The van der Waals surface area contributed by atoms with E-state index in [1.165, 1.54) is 24.0 Å². The van der Waals surface area contributed by atoms with Gasteiger partial charge < -0.3 is 14.8 Å². The van der Waals surface area contributed by atoms with Gasteiger partial charge in [0.15, 0.2) is 6.10 Å². The summed E-state index contributed by atoms with van der Waals surface area (Å²) in [5.41, 5.74) is 2.81. The molecule has 1 aromatic rings. The lowest BCUT2D eigenvalue weighted by Gasteiger charge is -2.26. The largest absolute Gasteiger partial charge is 0.481 e. The van der Waals surface area contributed by atoms with Crippen LogP contribution in [0.5, 0.6) is 5.75 Å². The number of fused-ring (bicyclic) bond motifs is 1. The van der Waals surface area contributed by atoms with Crippen LogP contribution in [-0.2, 0) is 22.4 Å². The van der Waals surface area contributed by atoms with Crippen molar-refractivity contribution in [2.45, 2.75) is 45.1 Å². The molecule has 25 heavy (non-hydrogen) atoms. The number of hydrogen-bond donors (Lipinski definition) is 1. The predicted octanol–water partition coefficient (Wildman–Crippen LogP) is 2.17. The number of carbonyl (C=O) groups is 1. The number of carbonyl (C=O) groups excluding carboxylic acids is 1. The smallest absolute Gasteiger partial charge is 0.260 e. The summed E-state index contributed by atoms with van der Waals surface area (Å²) in [6, 6.07) is 6.25. The van der Waals surface area contributed by atoms with Crippen molar-refractivity contribution in [3.63, 3.8) is 0 Å². The fraction of sp³-hybridized carbons (Fsp3) is 0.650. The zero-order valence-electron chi connectivity index (χ0n) is 15.3. The van der Waals surface area contributed by atoms with Gasteiger partial charge in [0.25, 0.3) is 5.91 Å². The lowest BCUT2D eigenvalue weighted by molar-refractivity contribution is -0.127. The summed E-state index contributed by atoms with van der Waals surface area (Å²) in [5.74, 6) is 0.760. The lowest BCUT2D eigenvalue weighted by Crippen LogP contribution is -2.40.